The predicted molar refractivity (Wildman–Crippen MR) is 135 cm³/mol. The number of nitrogens with one attached hydrogen (secondary N) is 1. The molecule has 3 heterocycles. The SMILES string of the molecule is C[C@@H](C(=O)N1CCC(c2ccc(S(=O)(=O)Nc3nccs3)cc2)CC1)n1ccc2ccccc21. The topological polar surface area (TPSA) is 84.3 Å². The number of likely N-dealkylation sites (tertiary alicyclic amines) is 1. The number of piperidine rings is 1. The molecule has 1 fully saturated rings. The van der Waals surface area contributed by atoms with Crippen molar-refractivity contribution in [1.82, 2.24) is 14.5 Å². The van der Waals surface area contributed by atoms with Crippen LogP contribution in [0.25, 0.3) is 10.9 Å². The van der Waals surface area contributed by atoms with Gasteiger partial charge in [-0.3, -0.25) is 9.52 Å². The molecule has 9 heteroatoms. The standard InChI is InChI=1S/C25H26N4O3S2/c1-18(29-16-12-21-4-2-3-5-23(21)29)24(30)28-14-10-20(11-15-28)19-6-8-22(9-7-19)34(31,32)27-25-26-13-17-33-25/h2-9,12-13,16-18,20H,10-11,14-15H2,1H3,(H,26,27)/t18-/m0/s1. The largest absolute Gasteiger partial charge is 0.341 e. The van der Waals surface area contributed by atoms with E-state index in [-0.39, 0.29) is 16.8 Å². The van der Waals surface area contributed by atoms with Crippen LogP contribution in [0.1, 0.15) is 37.3 Å². The number of sulfonamides is 1. The lowest BCUT2D eigenvalue weighted by Gasteiger charge is -2.34. The van der Waals surface area contributed by atoms with Gasteiger partial charge in [0.2, 0.25) is 5.91 Å². The van der Waals surface area contributed by atoms with E-state index in [1.54, 1.807) is 23.7 Å². The first-order chi connectivity index (χ1) is 16.4. The molecule has 4 aromatic rings. The van der Waals surface area contributed by atoms with Crippen molar-refractivity contribution in [3.8, 4) is 0 Å². The van der Waals surface area contributed by atoms with Gasteiger partial charge >= 0.3 is 0 Å². The Balaban J connectivity index is 1.21. The summed E-state index contributed by atoms with van der Waals surface area (Å²) in [5, 5.41) is 3.20. The summed E-state index contributed by atoms with van der Waals surface area (Å²) in [4.78, 5) is 19.3. The van der Waals surface area contributed by atoms with E-state index >= 15 is 0 Å². The quantitative estimate of drug-likeness (QED) is 0.415. The van der Waals surface area contributed by atoms with Crippen LogP contribution in [0.3, 0.4) is 0 Å². The number of para-hydroxylation sites is 1. The lowest BCUT2D eigenvalue weighted by molar-refractivity contribution is -0.135. The molecule has 1 saturated heterocycles. The highest BCUT2D eigenvalue weighted by Crippen LogP contribution is 2.31. The van der Waals surface area contributed by atoms with Gasteiger partial charge in [-0.2, -0.15) is 0 Å². The summed E-state index contributed by atoms with van der Waals surface area (Å²) in [7, 11) is -3.65. The molecule has 34 heavy (non-hydrogen) atoms. The predicted octanol–water partition coefficient (Wildman–Crippen LogP) is 4.87. The minimum Gasteiger partial charge on any atom is -0.341 e. The number of hydrogen-bond donors (Lipinski definition) is 1. The van der Waals surface area contributed by atoms with Crippen molar-refractivity contribution in [1.29, 1.82) is 0 Å². The first-order valence-corrected chi connectivity index (χ1v) is 13.7. The number of thiazole rings is 1. The summed E-state index contributed by atoms with van der Waals surface area (Å²) < 4.78 is 29.7. The molecule has 2 aromatic carbocycles. The first-order valence-electron chi connectivity index (χ1n) is 11.3. The van der Waals surface area contributed by atoms with Gasteiger partial charge in [-0.1, -0.05) is 30.3 Å². The Kier molecular flexibility index (Phi) is 6.14. The van der Waals surface area contributed by atoms with E-state index in [0.717, 1.165) is 29.3 Å². The zero-order valence-corrected chi connectivity index (χ0v) is 20.4. The average molecular weight is 495 g/mol. The summed E-state index contributed by atoms with van der Waals surface area (Å²) in [5.74, 6) is 0.435. The summed E-state index contributed by atoms with van der Waals surface area (Å²) in [6, 6.07) is 16.9. The fourth-order valence-electron chi connectivity index (χ4n) is 4.63. The lowest BCUT2D eigenvalue weighted by Crippen LogP contribution is -2.41. The van der Waals surface area contributed by atoms with Crippen molar-refractivity contribution in [2.75, 3.05) is 17.8 Å². The Bertz CT molecular complexity index is 1390. The van der Waals surface area contributed by atoms with Gasteiger partial charge in [0.05, 0.1) is 4.90 Å². The number of anilines is 1. The first kappa shape index (κ1) is 22.6. The number of benzene rings is 2. The Labute approximate surface area is 203 Å². The number of hydrogen-bond acceptors (Lipinski definition) is 5. The molecule has 1 aliphatic rings. The van der Waals surface area contributed by atoms with Gasteiger partial charge in [-0.05, 0) is 60.9 Å². The maximum absolute atomic E-state index is 13.2. The highest BCUT2D eigenvalue weighted by molar-refractivity contribution is 7.93. The minimum absolute atomic E-state index is 0.134. The van der Waals surface area contributed by atoms with Gasteiger partial charge in [0.25, 0.3) is 10.0 Å². The molecule has 0 unspecified atom stereocenters. The van der Waals surface area contributed by atoms with Crippen LogP contribution in [0.4, 0.5) is 5.13 Å². The summed E-state index contributed by atoms with van der Waals surface area (Å²) in [6.45, 7) is 3.34. The third-order valence-corrected chi connectivity index (χ3v) is 8.70. The number of amides is 1. The minimum atomic E-state index is -3.65. The Morgan fingerprint density at radius 2 is 1.82 bits per heavy atom. The fourth-order valence-corrected chi connectivity index (χ4v) is 6.41. The van der Waals surface area contributed by atoms with E-state index in [2.05, 4.69) is 15.8 Å². The third-order valence-electron chi connectivity index (χ3n) is 6.53. The maximum atomic E-state index is 13.2. The van der Waals surface area contributed by atoms with Gasteiger partial charge in [0.1, 0.15) is 6.04 Å². The van der Waals surface area contributed by atoms with Crippen molar-refractivity contribution in [3.63, 3.8) is 0 Å². The summed E-state index contributed by atoms with van der Waals surface area (Å²) in [6.07, 6.45) is 5.26. The molecule has 176 valence electrons. The fraction of sp³-hybridized carbons (Fsp3) is 0.280. The molecule has 2 aromatic heterocycles. The number of nitrogens with zero attached hydrogens (tertiary/aromatic N) is 3. The molecule has 1 N–H and O–H groups in total. The third kappa shape index (κ3) is 4.45. The average Bonchev–Trinajstić information content (AvgIpc) is 3.53. The summed E-state index contributed by atoms with van der Waals surface area (Å²) in [5.41, 5.74) is 2.17. The normalized spacial score (nSPS) is 16.0. The van der Waals surface area contributed by atoms with Crippen LogP contribution in [-0.2, 0) is 14.8 Å². The van der Waals surface area contributed by atoms with E-state index in [1.165, 1.54) is 11.3 Å². The number of rotatable bonds is 6. The highest BCUT2D eigenvalue weighted by atomic mass is 32.2. The molecule has 1 aliphatic heterocycles. The Hall–Kier alpha value is -3.17. The molecule has 0 saturated carbocycles. The molecule has 0 aliphatic carbocycles. The van der Waals surface area contributed by atoms with E-state index in [0.29, 0.717) is 24.1 Å². The van der Waals surface area contributed by atoms with Crippen LogP contribution in [-0.4, -0.2) is 41.9 Å². The molecule has 0 bridgehead atoms. The molecule has 1 atom stereocenters. The molecular weight excluding hydrogens is 468 g/mol. The molecule has 5 rings (SSSR count). The van der Waals surface area contributed by atoms with Crippen LogP contribution >= 0.6 is 11.3 Å². The number of aromatic nitrogens is 2. The van der Waals surface area contributed by atoms with Gasteiger partial charge < -0.3 is 9.47 Å². The van der Waals surface area contributed by atoms with Gasteiger partial charge in [-0.25, -0.2) is 13.4 Å². The van der Waals surface area contributed by atoms with Crippen LogP contribution in [0.2, 0.25) is 0 Å². The molecule has 1 amide bonds. The Morgan fingerprint density at radius 1 is 1.09 bits per heavy atom. The monoisotopic (exact) mass is 494 g/mol. The van der Waals surface area contributed by atoms with E-state index < -0.39 is 10.0 Å². The second kappa shape index (κ2) is 9.23. The maximum Gasteiger partial charge on any atom is 0.263 e. The highest BCUT2D eigenvalue weighted by Gasteiger charge is 2.28. The number of fused-ring (bicyclic) bond motifs is 1. The zero-order chi connectivity index (χ0) is 23.7. The number of carbonyl (C=O) groups is 1. The van der Waals surface area contributed by atoms with Crippen molar-refractivity contribution in [2.24, 2.45) is 0 Å². The van der Waals surface area contributed by atoms with Crippen LogP contribution in [0, 0.1) is 0 Å². The number of carbonyl (C=O) groups excluding carboxylic acids is 1. The molecule has 0 radical (unpaired) electrons. The smallest absolute Gasteiger partial charge is 0.263 e. The lowest BCUT2D eigenvalue weighted by atomic mass is 9.89. The van der Waals surface area contributed by atoms with E-state index in [1.807, 2.05) is 59.0 Å². The van der Waals surface area contributed by atoms with E-state index in [9.17, 15) is 13.2 Å². The molecule has 7 nitrogen and oxygen atoms in total. The zero-order valence-electron chi connectivity index (χ0n) is 18.8. The van der Waals surface area contributed by atoms with Crippen molar-refractivity contribution >= 4 is 43.3 Å². The van der Waals surface area contributed by atoms with E-state index in [4.69, 9.17) is 0 Å². The van der Waals surface area contributed by atoms with Crippen molar-refractivity contribution < 1.29 is 13.2 Å². The molecular formula is C25H26N4O3S2. The van der Waals surface area contributed by atoms with Crippen LogP contribution in [0.5, 0.6) is 0 Å². The van der Waals surface area contributed by atoms with Crippen LogP contribution in [0.15, 0.2) is 77.3 Å². The molecule has 0 spiro atoms. The van der Waals surface area contributed by atoms with Crippen molar-refractivity contribution in [3.05, 3.63) is 77.9 Å². The van der Waals surface area contributed by atoms with Crippen LogP contribution < -0.4 is 4.72 Å². The van der Waals surface area contributed by atoms with Gasteiger partial charge in [-0.15, -0.1) is 11.3 Å². The second-order valence-electron chi connectivity index (χ2n) is 8.57. The summed E-state index contributed by atoms with van der Waals surface area (Å²) >= 11 is 1.24. The van der Waals surface area contributed by atoms with Crippen molar-refractivity contribution in [2.45, 2.75) is 36.6 Å². The van der Waals surface area contributed by atoms with Gasteiger partial charge in [0, 0.05) is 36.4 Å². The Morgan fingerprint density at radius 3 is 2.53 bits per heavy atom. The second-order valence-corrected chi connectivity index (χ2v) is 11.1. The van der Waals surface area contributed by atoms with Gasteiger partial charge in [0.15, 0.2) is 5.13 Å².